The highest BCUT2D eigenvalue weighted by Gasteiger charge is 2.62. The summed E-state index contributed by atoms with van der Waals surface area (Å²) in [5.41, 5.74) is 2.26. The zero-order valence-corrected chi connectivity index (χ0v) is 15.9. The summed E-state index contributed by atoms with van der Waals surface area (Å²) in [7, 11) is 0. The van der Waals surface area contributed by atoms with Gasteiger partial charge in [-0.05, 0) is 25.0 Å². The van der Waals surface area contributed by atoms with Gasteiger partial charge in [0.05, 0.1) is 22.6 Å². The van der Waals surface area contributed by atoms with Crippen LogP contribution < -0.4 is 4.90 Å². The third-order valence-electron chi connectivity index (χ3n) is 6.12. The molecule has 8 nitrogen and oxygen atoms in total. The number of hydrogen-bond acceptors (Lipinski definition) is 6. The molecule has 0 bridgehead atoms. The maximum Gasteiger partial charge on any atom is 0.271 e. The number of benzene rings is 2. The molecule has 2 amide bonds. The van der Waals surface area contributed by atoms with Crippen molar-refractivity contribution in [2.24, 2.45) is 5.92 Å². The van der Waals surface area contributed by atoms with Gasteiger partial charge >= 0.3 is 0 Å². The second-order valence-corrected chi connectivity index (χ2v) is 7.79. The van der Waals surface area contributed by atoms with Crippen LogP contribution >= 0.6 is 0 Å². The molecule has 3 heterocycles. The molecule has 3 unspecified atom stereocenters. The van der Waals surface area contributed by atoms with E-state index in [0.29, 0.717) is 0 Å². The number of fused-ring (bicyclic) bond motifs is 3. The first-order valence-corrected chi connectivity index (χ1v) is 9.69. The number of imide groups is 1. The Bertz CT molecular complexity index is 1020. The monoisotopic (exact) mass is 392 g/mol. The molecule has 3 atom stereocenters. The Labute approximate surface area is 167 Å². The Kier molecular flexibility index (Phi) is 4.01. The first kappa shape index (κ1) is 18.0. The highest BCUT2D eigenvalue weighted by atomic mass is 16.6. The first-order chi connectivity index (χ1) is 14.0. The number of amides is 2. The Hall–Kier alpha value is -3.10. The van der Waals surface area contributed by atoms with Crippen molar-refractivity contribution < 1.29 is 14.5 Å². The molecule has 3 fully saturated rings. The summed E-state index contributed by atoms with van der Waals surface area (Å²) in [4.78, 5) is 38.5. The largest absolute Gasteiger partial charge is 0.274 e. The van der Waals surface area contributed by atoms with Crippen LogP contribution in [0.4, 0.5) is 11.4 Å². The van der Waals surface area contributed by atoms with Crippen molar-refractivity contribution in [3.8, 4) is 0 Å². The van der Waals surface area contributed by atoms with Crippen molar-refractivity contribution in [3.63, 3.8) is 0 Å². The van der Waals surface area contributed by atoms with Gasteiger partial charge in [0.25, 0.3) is 11.6 Å². The third-order valence-corrected chi connectivity index (χ3v) is 6.12. The molecule has 2 aromatic rings. The van der Waals surface area contributed by atoms with Crippen molar-refractivity contribution in [2.75, 3.05) is 18.0 Å². The minimum atomic E-state index is -0.560. The molecule has 3 aliphatic rings. The summed E-state index contributed by atoms with van der Waals surface area (Å²) in [6.07, 6.45) is 0.934. The van der Waals surface area contributed by atoms with Crippen LogP contribution in [-0.4, -0.2) is 45.9 Å². The summed E-state index contributed by atoms with van der Waals surface area (Å²) in [5.74, 6) is -1.12. The maximum atomic E-state index is 13.4. The van der Waals surface area contributed by atoms with Crippen LogP contribution in [0, 0.1) is 23.0 Å². The van der Waals surface area contributed by atoms with E-state index in [1.54, 1.807) is 6.07 Å². The second-order valence-electron chi connectivity index (χ2n) is 7.79. The Morgan fingerprint density at radius 1 is 0.966 bits per heavy atom. The second kappa shape index (κ2) is 6.47. The van der Waals surface area contributed by atoms with Crippen LogP contribution in [0.3, 0.4) is 0 Å². The molecular formula is C21H20N4O4. The average molecular weight is 392 g/mol. The fraction of sp³-hybridized carbons (Fsp3) is 0.333. The zero-order valence-electron chi connectivity index (χ0n) is 15.9. The number of hydrazine groups is 1. The van der Waals surface area contributed by atoms with Crippen molar-refractivity contribution in [1.82, 2.24) is 10.0 Å². The van der Waals surface area contributed by atoms with E-state index < -0.39 is 16.9 Å². The van der Waals surface area contributed by atoms with Crippen molar-refractivity contribution in [1.29, 1.82) is 0 Å². The van der Waals surface area contributed by atoms with Gasteiger partial charge in [0.15, 0.2) is 0 Å². The van der Waals surface area contributed by atoms with Gasteiger partial charge in [0, 0.05) is 25.2 Å². The fourth-order valence-electron chi connectivity index (χ4n) is 4.88. The molecule has 0 aromatic heterocycles. The van der Waals surface area contributed by atoms with Crippen LogP contribution in [0.1, 0.15) is 23.6 Å². The highest BCUT2D eigenvalue weighted by Crippen LogP contribution is 2.49. The van der Waals surface area contributed by atoms with Crippen LogP contribution in [-0.2, 0) is 9.59 Å². The lowest BCUT2D eigenvalue weighted by atomic mass is 9.89. The molecule has 2 aromatic carbocycles. The number of aryl methyl sites for hydroxylation is 1. The molecule has 3 aliphatic heterocycles. The SMILES string of the molecule is Cc1ccc(C2C3C(=O)N(c4cccc([N+](=O)[O-])c4)C(=O)C3N3CCCN23)cc1. The van der Waals surface area contributed by atoms with E-state index >= 15 is 0 Å². The molecule has 8 heteroatoms. The molecule has 0 saturated carbocycles. The minimum Gasteiger partial charge on any atom is -0.274 e. The molecular weight excluding hydrogens is 372 g/mol. The number of anilines is 1. The van der Waals surface area contributed by atoms with E-state index in [9.17, 15) is 19.7 Å². The van der Waals surface area contributed by atoms with Crippen LogP contribution in [0.5, 0.6) is 0 Å². The van der Waals surface area contributed by atoms with Crippen molar-refractivity contribution >= 4 is 23.2 Å². The van der Waals surface area contributed by atoms with E-state index in [4.69, 9.17) is 0 Å². The quantitative estimate of drug-likeness (QED) is 0.453. The molecule has 3 saturated heterocycles. The fourth-order valence-corrected chi connectivity index (χ4v) is 4.88. The molecule has 0 N–H and O–H groups in total. The number of nitro benzene ring substituents is 1. The summed E-state index contributed by atoms with van der Waals surface area (Å²) in [5, 5.41) is 15.3. The van der Waals surface area contributed by atoms with Gasteiger partial charge in [0.1, 0.15) is 6.04 Å². The molecule has 148 valence electrons. The van der Waals surface area contributed by atoms with Crippen LogP contribution in [0.25, 0.3) is 0 Å². The topological polar surface area (TPSA) is 87.0 Å². The zero-order chi connectivity index (χ0) is 20.3. The lowest BCUT2D eigenvalue weighted by Gasteiger charge is -2.29. The smallest absolute Gasteiger partial charge is 0.271 e. The Morgan fingerprint density at radius 2 is 1.66 bits per heavy atom. The summed E-state index contributed by atoms with van der Waals surface area (Å²) in [6.45, 7) is 3.55. The van der Waals surface area contributed by atoms with Crippen molar-refractivity contribution in [3.05, 3.63) is 69.8 Å². The van der Waals surface area contributed by atoms with Gasteiger partial charge < -0.3 is 0 Å². The number of carbonyl (C=O) groups excluding carboxylic acids is 2. The number of hydrogen-bond donors (Lipinski definition) is 0. The van der Waals surface area contributed by atoms with Crippen LogP contribution in [0.15, 0.2) is 48.5 Å². The minimum absolute atomic E-state index is 0.141. The summed E-state index contributed by atoms with van der Waals surface area (Å²) >= 11 is 0. The van der Waals surface area contributed by atoms with Gasteiger partial charge in [-0.2, -0.15) is 0 Å². The normalized spacial score (nSPS) is 26.8. The molecule has 29 heavy (non-hydrogen) atoms. The van der Waals surface area contributed by atoms with E-state index in [1.165, 1.54) is 18.2 Å². The van der Waals surface area contributed by atoms with Gasteiger partial charge in [-0.3, -0.25) is 19.7 Å². The van der Waals surface area contributed by atoms with E-state index in [2.05, 4.69) is 5.01 Å². The van der Waals surface area contributed by atoms with Gasteiger partial charge in [-0.25, -0.2) is 14.9 Å². The number of non-ortho nitro benzene ring substituents is 1. The number of nitrogens with zero attached hydrogens (tertiary/aromatic N) is 4. The molecule has 5 rings (SSSR count). The number of nitro groups is 1. The van der Waals surface area contributed by atoms with Gasteiger partial charge in [-0.1, -0.05) is 35.9 Å². The lowest BCUT2D eigenvalue weighted by Crippen LogP contribution is -2.44. The summed E-state index contributed by atoms with van der Waals surface area (Å²) in [6, 6.07) is 13.0. The highest BCUT2D eigenvalue weighted by molar-refractivity contribution is 6.24. The Balaban J connectivity index is 1.57. The maximum absolute atomic E-state index is 13.4. The molecule has 0 radical (unpaired) electrons. The van der Waals surface area contributed by atoms with Crippen LogP contribution in [0.2, 0.25) is 0 Å². The molecule has 0 aliphatic carbocycles. The predicted octanol–water partition coefficient (Wildman–Crippen LogP) is 2.44. The van der Waals surface area contributed by atoms with Gasteiger partial charge in [-0.15, -0.1) is 0 Å². The lowest BCUT2D eigenvalue weighted by molar-refractivity contribution is -0.384. The first-order valence-electron chi connectivity index (χ1n) is 9.69. The Morgan fingerprint density at radius 3 is 2.34 bits per heavy atom. The number of carbonyl (C=O) groups is 2. The molecule has 0 spiro atoms. The van der Waals surface area contributed by atoms with E-state index in [1.807, 2.05) is 36.2 Å². The number of rotatable bonds is 3. The van der Waals surface area contributed by atoms with Gasteiger partial charge in [0.2, 0.25) is 5.91 Å². The van der Waals surface area contributed by atoms with E-state index in [-0.39, 0.29) is 29.2 Å². The van der Waals surface area contributed by atoms with Crippen molar-refractivity contribution in [2.45, 2.75) is 25.4 Å². The standard InChI is InChI=1S/C21H20N4O4/c1-13-6-8-14(9-7-13)18-17-19(23-11-3-10-22(18)23)21(27)24(20(17)26)15-4-2-5-16(12-15)25(28)29/h2,4-9,12,17-19H,3,10-11H2,1H3. The summed E-state index contributed by atoms with van der Waals surface area (Å²) < 4.78 is 0. The predicted molar refractivity (Wildman–Crippen MR) is 105 cm³/mol. The van der Waals surface area contributed by atoms with E-state index in [0.717, 1.165) is 35.5 Å². The average Bonchev–Trinajstić information content (AvgIpc) is 3.35. The third kappa shape index (κ3) is 2.60.